The van der Waals surface area contributed by atoms with E-state index in [1.54, 1.807) is 28.4 Å². The van der Waals surface area contributed by atoms with Crippen LogP contribution >= 0.6 is 0 Å². The van der Waals surface area contributed by atoms with E-state index < -0.39 is 0 Å². The SMILES string of the molecule is Cc1ccc(N2C[C@@H](C(=O)N3CC(c4nc(-c5cnccn5)no4)C3)CC2=O)cc1C. The van der Waals surface area contributed by atoms with E-state index in [1.165, 1.54) is 5.56 Å². The zero-order chi connectivity index (χ0) is 21.5. The van der Waals surface area contributed by atoms with E-state index >= 15 is 0 Å². The van der Waals surface area contributed by atoms with E-state index in [0.717, 1.165) is 11.3 Å². The molecule has 5 rings (SSSR count). The summed E-state index contributed by atoms with van der Waals surface area (Å²) in [6, 6.07) is 5.95. The first-order valence-electron chi connectivity index (χ1n) is 10.3. The van der Waals surface area contributed by atoms with Crippen LogP contribution in [-0.4, -0.2) is 56.5 Å². The number of anilines is 1. The Bertz CT molecular complexity index is 1140. The van der Waals surface area contributed by atoms with Crippen LogP contribution in [0.15, 0.2) is 41.3 Å². The highest BCUT2D eigenvalue weighted by atomic mass is 16.5. The number of likely N-dealkylation sites (tertiary alicyclic amines) is 1. The molecule has 4 heterocycles. The number of aryl methyl sites for hydroxylation is 2. The largest absolute Gasteiger partial charge is 0.341 e. The van der Waals surface area contributed by atoms with Crippen LogP contribution in [0.3, 0.4) is 0 Å². The lowest BCUT2D eigenvalue weighted by atomic mass is 9.96. The molecule has 2 aliphatic heterocycles. The predicted octanol–water partition coefficient (Wildman–Crippen LogP) is 2.12. The van der Waals surface area contributed by atoms with Crippen LogP contribution in [0.4, 0.5) is 5.69 Å². The molecule has 2 fully saturated rings. The Labute approximate surface area is 179 Å². The molecule has 0 unspecified atom stereocenters. The van der Waals surface area contributed by atoms with Crippen LogP contribution < -0.4 is 4.90 Å². The number of aromatic nitrogens is 4. The number of amides is 2. The summed E-state index contributed by atoms with van der Waals surface area (Å²) in [4.78, 5) is 41.5. The minimum Gasteiger partial charge on any atom is -0.341 e. The Morgan fingerprint density at radius 1 is 1.13 bits per heavy atom. The van der Waals surface area contributed by atoms with Crippen molar-refractivity contribution in [2.24, 2.45) is 5.92 Å². The van der Waals surface area contributed by atoms with Crippen LogP contribution in [-0.2, 0) is 9.59 Å². The van der Waals surface area contributed by atoms with Gasteiger partial charge in [0, 0.05) is 44.1 Å². The third-order valence-corrected chi connectivity index (χ3v) is 6.05. The van der Waals surface area contributed by atoms with Crippen LogP contribution in [0.5, 0.6) is 0 Å². The van der Waals surface area contributed by atoms with E-state index in [2.05, 4.69) is 20.1 Å². The Hall–Kier alpha value is -3.62. The summed E-state index contributed by atoms with van der Waals surface area (Å²) in [5.41, 5.74) is 3.71. The predicted molar refractivity (Wildman–Crippen MR) is 111 cm³/mol. The molecule has 1 atom stereocenters. The standard InChI is InChI=1S/C22H22N6O3/c1-13-3-4-17(7-14(13)2)28-12-15(8-19(28)29)22(30)27-10-16(11-27)21-25-20(26-31-21)18-9-23-5-6-24-18/h3-7,9,15-16H,8,10-12H2,1-2H3/t15-/m0/s1. The Morgan fingerprint density at radius 2 is 1.97 bits per heavy atom. The Balaban J connectivity index is 1.20. The quantitative estimate of drug-likeness (QED) is 0.639. The summed E-state index contributed by atoms with van der Waals surface area (Å²) in [5, 5.41) is 3.96. The summed E-state index contributed by atoms with van der Waals surface area (Å²) in [6.45, 7) is 5.50. The summed E-state index contributed by atoms with van der Waals surface area (Å²) in [6.07, 6.45) is 4.96. The van der Waals surface area contributed by atoms with E-state index in [1.807, 2.05) is 32.0 Å². The monoisotopic (exact) mass is 418 g/mol. The van der Waals surface area contributed by atoms with Crippen LogP contribution in [0.2, 0.25) is 0 Å². The summed E-state index contributed by atoms with van der Waals surface area (Å²) >= 11 is 0. The fourth-order valence-electron chi connectivity index (χ4n) is 4.01. The molecular weight excluding hydrogens is 396 g/mol. The van der Waals surface area contributed by atoms with Gasteiger partial charge in [-0.25, -0.2) is 4.98 Å². The number of hydrogen-bond donors (Lipinski definition) is 0. The lowest BCUT2D eigenvalue weighted by Gasteiger charge is -2.38. The van der Waals surface area contributed by atoms with Crippen molar-refractivity contribution >= 4 is 17.5 Å². The lowest BCUT2D eigenvalue weighted by molar-refractivity contribution is -0.140. The van der Waals surface area contributed by atoms with E-state index in [9.17, 15) is 9.59 Å². The summed E-state index contributed by atoms with van der Waals surface area (Å²) in [5.74, 6) is 0.541. The van der Waals surface area contributed by atoms with Crippen molar-refractivity contribution in [1.82, 2.24) is 25.0 Å². The first kappa shape index (κ1) is 19.3. The number of carbonyl (C=O) groups excluding carboxylic acids is 2. The molecule has 0 radical (unpaired) electrons. The molecule has 1 aromatic carbocycles. The maximum Gasteiger partial charge on any atom is 0.233 e. The molecule has 9 nitrogen and oxygen atoms in total. The number of carbonyl (C=O) groups is 2. The van der Waals surface area contributed by atoms with Gasteiger partial charge < -0.3 is 14.3 Å². The maximum absolute atomic E-state index is 12.9. The van der Waals surface area contributed by atoms with Gasteiger partial charge in [0.05, 0.1) is 18.0 Å². The van der Waals surface area contributed by atoms with Crippen LogP contribution in [0.1, 0.15) is 29.4 Å². The van der Waals surface area contributed by atoms with Gasteiger partial charge in [0.15, 0.2) is 0 Å². The van der Waals surface area contributed by atoms with E-state index in [4.69, 9.17) is 4.52 Å². The molecule has 0 bridgehead atoms. The fourth-order valence-corrected chi connectivity index (χ4v) is 4.01. The van der Waals surface area contributed by atoms with Crippen LogP contribution in [0, 0.1) is 19.8 Å². The number of benzene rings is 1. The topological polar surface area (TPSA) is 105 Å². The molecular formula is C22H22N6O3. The molecule has 31 heavy (non-hydrogen) atoms. The molecule has 0 N–H and O–H groups in total. The molecule has 0 aliphatic carbocycles. The molecule has 0 spiro atoms. The summed E-state index contributed by atoms with van der Waals surface area (Å²) in [7, 11) is 0. The minimum atomic E-state index is -0.326. The molecule has 0 saturated carbocycles. The van der Waals surface area contributed by atoms with Gasteiger partial charge in [0.25, 0.3) is 0 Å². The van der Waals surface area contributed by atoms with Gasteiger partial charge in [0.2, 0.25) is 23.5 Å². The highest BCUT2D eigenvalue weighted by molar-refractivity contribution is 6.00. The number of nitrogens with zero attached hydrogens (tertiary/aromatic N) is 6. The van der Waals surface area contributed by atoms with Gasteiger partial charge in [-0.05, 0) is 37.1 Å². The average Bonchev–Trinajstić information content (AvgIpc) is 3.37. The molecule has 2 amide bonds. The third kappa shape index (κ3) is 3.56. The molecule has 158 valence electrons. The number of rotatable bonds is 4. The van der Waals surface area contributed by atoms with Crippen molar-refractivity contribution < 1.29 is 14.1 Å². The highest BCUT2D eigenvalue weighted by Crippen LogP contribution is 2.32. The Kier molecular flexibility index (Phi) is 4.72. The first-order chi connectivity index (χ1) is 15.0. The zero-order valence-corrected chi connectivity index (χ0v) is 17.4. The Morgan fingerprint density at radius 3 is 2.71 bits per heavy atom. The third-order valence-electron chi connectivity index (χ3n) is 6.05. The highest BCUT2D eigenvalue weighted by Gasteiger charge is 2.42. The van der Waals surface area contributed by atoms with Crippen LogP contribution in [0.25, 0.3) is 11.5 Å². The molecule has 2 aromatic heterocycles. The summed E-state index contributed by atoms with van der Waals surface area (Å²) < 4.78 is 5.36. The second kappa shape index (κ2) is 7.57. The van der Waals surface area contributed by atoms with Crippen molar-refractivity contribution in [3.05, 3.63) is 53.8 Å². The second-order valence-electron chi connectivity index (χ2n) is 8.16. The second-order valence-corrected chi connectivity index (χ2v) is 8.16. The lowest BCUT2D eigenvalue weighted by Crippen LogP contribution is -2.51. The van der Waals surface area contributed by atoms with E-state index in [0.29, 0.717) is 37.0 Å². The molecule has 2 saturated heterocycles. The average molecular weight is 418 g/mol. The van der Waals surface area contributed by atoms with E-state index in [-0.39, 0.29) is 30.1 Å². The molecule has 3 aromatic rings. The van der Waals surface area contributed by atoms with Gasteiger partial charge >= 0.3 is 0 Å². The first-order valence-corrected chi connectivity index (χ1v) is 10.3. The van der Waals surface area contributed by atoms with Gasteiger partial charge in [-0.1, -0.05) is 11.2 Å². The van der Waals surface area contributed by atoms with Gasteiger partial charge in [-0.3, -0.25) is 14.6 Å². The molecule has 2 aliphatic rings. The van der Waals surface area contributed by atoms with Crippen molar-refractivity contribution in [3.63, 3.8) is 0 Å². The zero-order valence-electron chi connectivity index (χ0n) is 17.4. The smallest absolute Gasteiger partial charge is 0.233 e. The van der Waals surface area contributed by atoms with Crippen molar-refractivity contribution in [1.29, 1.82) is 0 Å². The van der Waals surface area contributed by atoms with Gasteiger partial charge in [-0.15, -0.1) is 0 Å². The van der Waals surface area contributed by atoms with Gasteiger partial charge in [0.1, 0.15) is 5.69 Å². The normalized spacial score (nSPS) is 19.0. The maximum atomic E-state index is 12.9. The van der Waals surface area contributed by atoms with Gasteiger partial charge in [-0.2, -0.15) is 4.98 Å². The van der Waals surface area contributed by atoms with Crippen molar-refractivity contribution in [3.8, 4) is 11.5 Å². The minimum absolute atomic E-state index is 0.00426. The fraction of sp³-hybridized carbons (Fsp3) is 0.364. The van der Waals surface area contributed by atoms with Crippen molar-refractivity contribution in [2.75, 3.05) is 24.5 Å². The number of hydrogen-bond acceptors (Lipinski definition) is 7. The van der Waals surface area contributed by atoms with Crippen molar-refractivity contribution in [2.45, 2.75) is 26.2 Å². The molecule has 9 heteroatoms.